The normalized spacial score (nSPS) is 9.66. The van der Waals surface area contributed by atoms with Gasteiger partial charge in [-0.15, -0.1) is 0 Å². The first kappa shape index (κ1) is 23.0. The number of rotatable bonds is 3. The maximum absolute atomic E-state index is 8.63. The molecule has 1 N–H and O–H groups in total. The molecule has 0 heterocycles. The molecule has 0 aliphatic rings. The van der Waals surface area contributed by atoms with Crippen LogP contribution >= 0.6 is 7.92 Å². The van der Waals surface area contributed by atoms with Crippen molar-refractivity contribution in [2.24, 2.45) is 0 Å². The van der Waals surface area contributed by atoms with E-state index in [1.807, 2.05) is 42.5 Å². The van der Waals surface area contributed by atoms with E-state index in [0.29, 0.717) is 5.75 Å². The molecule has 0 aliphatic heterocycles. The molecule has 0 unspecified atom stereocenters. The summed E-state index contributed by atoms with van der Waals surface area (Å²) < 4.78 is 0. The fraction of sp³-hybridized carbons (Fsp3) is 0. The first-order valence-corrected chi connectivity index (χ1v) is 11.9. The van der Waals surface area contributed by atoms with Gasteiger partial charge in [0.15, 0.2) is 0 Å². The minimum atomic E-state index is -0.446. The van der Waals surface area contributed by atoms with Crippen molar-refractivity contribution in [3.8, 4) is 5.75 Å². The summed E-state index contributed by atoms with van der Waals surface area (Å²) in [6.45, 7) is 0. The van der Waals surface area contributed by atoms with Gasteiger partial charge in [-0.05, 0) is 36.0 Å². The summed E-state index contributed by atoms with van der Waals surface area (Å²) in [5.41, 5.74) is 0. The summed E-state index contributed by atoms with van der Waals surface area (Å²) in [6.07, 6.45) is 0. The fourth-order valence-corrected chi connectivity index (χ4v) is 5.30. The average molecular weight is 435 g/mol. The second kappa shape index (κ2) is 13.6. The van der Waals surface area contributed by atoms with Crippen LogP contribution < -0.4 is 15.9 Å². The van der Waals surface area contributed by atoms with Gasteiger partial charge in [0.1, 0.15) is 5.75 Å². The van der Waals surface area contributed by atoms with Crippen LogP contribution in [-0.4, -0.2) is 5.11 Å². The summed E-state index contributed by atoms with van der Waals surface area (Å²) in [5, 5.41) is 12.8. The minimum Gasteiger partial charge on any atom is -0.508 e. The van der Waals surface area contributed by atoms with Crippen LogP contribution in [0.5, 0.6) is 5.75 Å². The highest BCUT2D eigenvalue weighted by molar-refractivity contribution is 7.79. The van der Waals surface area contributed by atoms with Crippen LogP contribution in [0.2, 0.25) is 0 Å². The number of phenols is 1. The van der Waals surface area contributed by atoms with Crippen molar-refractivity contribution in [2.75, 3.05) is 0 Å². The van der Waals surface area contributed by atoms with Crippen LogP contribution in [0.1, 0.15) is 0 Å². The Labute approximate surface area is 192 Å². The molecule has 5 aromatic rings. The average Bonchev–Trinajstić information content (AvgIpc) is 2.89. The monoisotopic (exact) mass is 434 g/mol. The van der Waals surface area contributed by atoms with Gasteiger partial charge in [0.05, 0.1) is 0 Å². The Morgan fingerprint density at radius 1 is 0.312 bits per heavy atom. The van der Waals surface area contributed by atoms with E-state index in [4.69, 9.17) is 5.11 Å². The first-order chi connectivity index (χ1) is 15.8. The molecule has 0 fully saturated rings. The lowest BCUT2D eigenvalue weighted by Crippen LogP contribution is -2.20. The van der Waals surface area contributed by atoms with E-state index in [1.54, 1.807) is 24.3 Å². The van der Waals surface area contributed by atoms with E-state index in [9.17, 15) is 0 Å². The lowest BCUT2D eigenvalue weighted by molar-refractivity contribution is 0.475. The van der Waals surface area contributed by atoms with Gasteiger partial charge in [-0.2, -0.15) is 0 Å². The summed E-state index contributed by atoms with van der Waals surface area (Å²) in [7, 11) is -0.446. The molecule has 1 nitrogen and oxygen atoms in total. The predicted octanol–water partition coefficient (Wildman–Crippen LogP) is 6.52. The van der Waals surface area contributed by atoms with Crippen LogP contribution in [0.3, 0.4) is 0 Å². The standard InChI is InChI=1S/C18H15P.C6H6O.C6H6/c1-4-10-16(11-5-1)19(17-12-6-2-7-13-17)18-14-8-3-9-15-18;7-6-4-2-1-3-5-6;1-2-4-6-5-3-1/h1-15H;1-5,7H;1-6H. The lowest BCUT2D eigenvalue weighted by atomic mass is 10.3. The number of hydrogen-bond acceptors (Lipinski definition) is 1. The van der Waals surface area contributed by atoms with Crippen LogP contribution in [0, 0.1) is 0 Å². The lowest BCUT2D eigenvalue weighted by Gasteiger charge is -2.18. The molecule has 0 aromatic heterocycles. The van der Waals surface area contributed by atoms with Gasteiger partial charge in [0.2, 0.25) is 0 Å². The van der Waals surface area contributed by atoms with E-state index >= 15 is 0 Å². The number of phenolic OH excluding ortho intramolecular Hbond substituents is 1. The van der Waals surface area contributed by atoms with E-state index in [-0.39, 0.29) is 0 Å². The SMILES string of the molecule is Oc1ccccc1.c1ccc(P(c2ccccc2)c2ccccc2)cc1.c1ccccc1. The highest BCUT2D eigenvalue weighted by atomic mass is 31.1. The largest absolute Gasteiger partial charge is 0.508 e. The van der Waals surface area contributed by atoms with Crippen molar-refractivity contribution in [1.29, 1.82) is 0 Å². The van der Waals surface area contributed by atoms with Gasteiger partial charge in [-0.3, -0.25) is 0 Å². The van der Waals surface area contributed by atoms with Gasteiger partial charge >= 0.3 is 0 Å². The quantitative estimate of drug-likeness (QED) is 0.320. The Morgan fingerprint density at radius 2 is 0.531 bits per heavy atom. The third-order valence-corrected chi connectivity index (χ3v) is 6.91. The van der Waals surface area contributed by atoms with Gasteiger partial charge in [-0.1, -0.05) is 146 Å². The van der Waals surface area contributed by atoms with Gasteiger partial charge < -0.3 is 5.11 Å². The molecular formula is C30H27OP. The molecule has 0 bridgehead atoms. The van der Waals surface area contributed by atoms with Crippen molar-refractivity contribution < 1.29 is 5.11 Å². The summed E-state index contributed by atoms with van der Waals surface area (Å²) in [5.74, 6) is 0.322. The second-order valence-electron chi connectivity index (χ2n) is 6.83. The Morgan fingerprint density at radius 3 is 0.750 bits per heavy atom. The number of hydrogen-bond donors (Lipinski definition) is 1. The smallest absolute Gasteiger partial charge is 0.115 e. The minimum absolute atomic E-state index is 0.322. The Hall–Kier alpha value is -3.67. The molecule has 0 radical (unpaired) electrons. The molecule has 0 spiro atoms. The molecule has 0 saturated carbocycles. The molecule has 0 atom stereocenters. The molecular weight excluding hydrogens is 407 g/mol. The molecule has 0 amide bonds. The first-order valence-electron chi connectivity index (χ1n) is 10.5. The van der Waals surface area contributed by atoms with E-state index in [2.05, 4.69) is 91.0 Å². The van der Waals surface area contributed by atoms with Gasteiger partial charge in [0.25, 0.3) is 0 Å². The highest BCUT2D eigenvalue weighted by Gasteiger charge is 2.14. The zero-order chi connectivity index (χ0) is 22.3. The molecule has 0 aliphatic carbocycles. The predicted molar refractivity (Wildman–Crippen MR) is 140 cm³/mol. The van der Waals surface area contributed by atoms with E-state index in [0.717, 1.165) is 0 Å². The third kappa shape index (κ3) is 7.87. The van der Waals surface area contributed by atoms with Crippen LogP contribution in [-0.2, 0) is 0 Å². The Bertz CT molecular complexity index is 979. The van der Waals surface area contributed by atoms with E-state index in [1.165, 1.54) is 15.9 Å². The summed E-state index contributed by atoms with van der Waals surface area (Å²) in [6, 6.07) is 53.0. The highest BCUT2D eigenvalue weighted by Crippen LogP contribution is 2.32. The molecule has 32 heavy (non-hydrogen) atoms. The van der Waals surface area contributed by atoms with Crippen molar-refractivity contribution in [3.05, 3.63) is 158 Å². The molecule has 158 valence electrons. The number of benzene rings is 5. The van der Waals surface area contributed by atoms with E-state index < -0.39 is 7.92 Å². The Kier molecular flexibility index (Phi) is 9.77. The maximum Gasteiger partial charge on any atom is 0.115 e. The van der Waals surface area contributed by atoms with Crippen molar-refractivity contribution in [1.82, 2.24) is 0 Å². The van der Waals surface area contributed by atoms with Crippen molar-refractivity contribution in [3.63, 3.8) is 0 Å². The van der Waals surface area contributed by atoms with Gasteiger partial charge in [-0.25, -0.2) is 0 Å². The van der Waals surface area contributed by atoms with Crippen molar-refractivity contribution >= 4 is 23.8 Å². The molecule has 5 rings (SSSR count). The van der Waals surface area contributed by atoms with Crippen LogP contribution in [0.15, 0.2) is 158 Å². The maximum atomic E-state index is 8.63. The fourth-order valence-electron chi connectivity index (χ4n) is 2.99. The number of aromatic hydroxyl groups is 1. The van der Waals surface area contributed by atoms with Gasteiger partial charge in [0, 0.05) is 0 Å². The van der Waals surface area contributed by atoms with Crippen molar-refractivity contribution in [2.45, 2.75) is 0 Å². The zero-order valence-corrected chi connectivity index (χ0v) is 18.8. The molecule has 2 heteroatoms. The van der Waals surface area contributed by atoms with Crippen LogP contribution in [0.25, 0.3) is 0 Å². The molecule has 0 saturated heterocycles. The summed E-state index contributed by atoms with van der Waals surface area (Å²) >= 11 is 0. The zero-order valence-electron chi connectivity index (χ0n) is 17.9. The topological polar surface area (TPSA) is 20.2 Å². The third-order valence-electron chi connectivity index (χ3n) is 4.47. The van der Waals surface area contributed by atoms with Crippen LogP contribution in [0.4, 0.5) is 0 Å². The molecule has 5 aromatic carbocycles. The second-order valence-corrected chi connectivity index (χ2v) is 9.05. The summed E-state index contributed by atoms with van der Waals surface area (Å²) in [4.78, 5) is 0. The Balaban J connectivity index is 0.000000181. The number of para-hydroxylation sites is 1.